The molecule has 19 heavy (non-hydrogen) atoms. The molecule has 0 atom stereocenters. The SMILES string of the molecule is O=C(O)C1CCC(Nc2cc(Br)ccc2CO)CC1. The molecule has 1 aliphatic rings. The first-order valence-electron chi connectivity index (χ1n) is 6.48. The fourth-order valence-corrected chi connectivity index (χ4v) is 2.89. The Kier molecular flexibility index (Phi) is 4.82. The quantitative estimate of drug-likeness (QED) is 0.795. The van der Waals surface area contributed by atoms with Crippen molar-refractivity contribution in [3.63, 3.8) is 0 Å². The normalized spacial score (nSPS) is 23.1. The van der Waals surface area contributed by atoms with Crippen LogP contribution in [0.15, 0.2) is 22.7 Å². The van der Waals surface area contributed by atoms with Gasteiger partial charge in [0.1, 0.15) is 0 Å². The number of hydrogen-bond donors (Lipinski definition) is 3. The van der Waals surface area contributed by atoms with Crippen LogP contribution in [0.4, 0.5) is 5.69 Å². The van der Waals surface area contributed by atoms with Crippen LogP contribution < -0.4 is 5.32 Å². The monoisotopic (exact) mass is 327 g/mol. The van der Waals surface area contributed by atoms with Gasteiger partial charge >= 0.3 is 5.97 Å². The van der Waals surface area contributed by atoms with E-state index >= 15 is 0 Å². The van der Waals surface area contributed by atoms with Gasteiger partial charge in [0.25, 0.3) is 0 Å². The maximum absolute atomic E-state index is 10.9. The number of carbonyl (C=O) groups is 1. The highest BCUT2D eigenvalue weighted by Gasteiger charge is 2.26. The zero-order valence-electron chi connectivity index (χ0n) is 10.6. The number of nitrogens with one attached hydrogen (secondary N) is 1. The van der Waals surface area contributed by atoms with E-state index in [1.54, 1.807) is 0 Å². The molecule has 5 heteroatoms. The Morgan fingerprint density at radius 1 is 1.32 bits per heavy atom. The average Bonchev–Trinajstić information content (AvgIpc) is 2.39. The molecule has 1 saturated carbocycles. The minimum atomic E-state index is -0.683. The van der Waals surface area contributed by atoms with E-state index < -0.39 is 5.97 Å². The second kappa shape index (κ2) is 6.39. The predicted molar refractivity (Wildman–Crippen MR) is 77.1 cm³/mol. The van der Waals surface area contributed by atoms with Crippen molar-refractivity contribution in [2.24, 2.45) is 5.92 Å². The minimum Gasteiger partial charge on any atom is -0.481 e. The van der Waals surface area contributed by atoms with E-state index in [1.807, 2.05) is 18.2 Å². The molecule has 0 saturated heterocycles. The van der Waals surface area contributed by atoms with Crippen LogP contribution in [0, 0.1) is 5.92 Å². The standard InChI is InChI=1S/C14H18BrNO3/c15-11-4-1-10(8-17)13(7-11)16-12-5-2-9(3-6-12)14(18)19/h1,4,7,9,12,16-17H,2-3,5-6,8H2,(H,18,19). The number of aliphatic carboxylic acids is 1. The lowest BCUT2D eigenvalue weighted by molar-refractivity contribution is -0.142. The highest BCUT2D eigenvalue weighted by Crippen LogP contribution is 2.29. The summed E-state index contributed by atoms with van der Waals surface area (Å²) in [5.41, 5.74) is 1.79. The Morgan fingerprint density at radius 2 is 2.00 bits per heavy atom. The molecule has 0 unspecified atom stereocenters. The molecule has 0 aliphatic heterocycles. The van der Waals surface area contributed by atoms with Crippen molar-refractivity contribution in [1.29, 1.82) is 0 Å². The number of aliphatic hydroxyl groups is 1. The van der Waals surface area contributed by atoms with E-state index in [1.165, 1.54) is 0 Å². The first kappa shape index (κ1) is 14.3. The molecule has 0 radical (unpaired) electrons. The van der Waals surface area contributed by atoms with Gasteiger partial charge in [0.15, 0.2) is 0 Å². The molecule has 0 heterocycles. The highest BCUT2D eigenvalue weighted by atomic mass is 79.9. The number of rotatable bonds is 4. The first-order chi connectivity index (χ1) is 9.10. The number of carboxylic acid groups (broad SMARTS) is 1. The van der Waals surface area contributed by atoms with Crippen molar-refractivity contribution in [2.45, 2.75) is 38.3 Å². The zero-order chi connectivity index (χ0) is 13.8. The molecule has 0 bridgehead atoms. The van der Waals surface area contributed by atoms with Crippen LogP contribution in [0.2, 0.25) is 0 Å². The molecule has 0 amide bonds. The Bertz CT molecular complexity index is 456. The lowest BCUT2D eigenvalue weighted by atomic mass is 9.86. The van der Waals surface area contributed by atoms with Gasteiger partial charge in [-0.3, -0.25) is 4.79 Å². The largest absolute Gasteiger partial charge is 0.481 e. The van der Waals surface area contributed by atoms with Crippen LogP contribution in [0.3, 0.4) is 0 Å². The maximum Gasteiger partial charge on any atom is 0.306 e. The molecular weight excluding hydrogens is 310 g/mol. The molecule has 1 aromatic carbocycles. The topological polar surface area (TPSA) is 69.6 Å². The summed E-state index contributed by atoms with van der Waals surface area (Å²) < 4.78 is 0.964. The van der Waals surface area contributed by atoms with Crippen molar-refractivity contribution >= 4 is 27.6 Å². The summed E-state index contributed by atoms with van der Waals surface area (Å²) in [6.45, 7) is 0.0000836. The van der Waals surface area contributed by atoms with Crippen molar-refractivity contribution in [1.82, 2.24) is 0 Å². The van der Waals surface area contributed by atoms with Gasteiger partial charge in [0.2, 0.25) is 0 Å². The average molecular weight is 328 g/mol. The lowest BCUT2D eigenvalue weighted by Gasteiger charge is -2.28. The Morgan fingerprint density at radius 3 is 2.58 bits per heavy atom. The zero-order valence-corrected chi connectivity index (χ0v) is 12.2. The minimum absolute atomic E-state index is 0.0000836. The number of benzene rings is 1. The van der Waals surface area contributed by atoms with E-state index in [4.69, 9.17) is 5.11 Å². The van der Waals surface area contributed by atoms with Gasteiger partial charge in [0.05, 0.1) is 12.5 Å². The van der Waals surface area contributed by atoms with Crippen LogP contribution in [0.25, 0.3) is 0 Å². The molecular formula is C14H18BrNO3. The molecule has 1 fully saturated rings. The summed E-state index contributed by atoms with van der Waals surface area (Å²) in [6, 6.07) is 6.03. The summed E-state index contributed by atoms with van der Waals surface area (Å²) >= 11 is 3.42. The van der Waals surface area contributed by atoms with Gasteiger partial charge in [-0.1, -0.05) is 22.0 Å². The third-order valence-electron chi connectivity index (χ3n) is 3.68. The van der Waals surface area contributed by atoms with Crippen LogP contribution >= 0.6 is 15.9 Å². The van der Waals surface area contributed by atoms with Gasteiger partial charge in [-0.2, -0.15) is 0 Å². The smallest absolute Gasteiger partial charge is 0.306 e. The fraction of sp³-hybridized carbons (Fsp3) is 0.500. The number of carboxylic acids is 1. The molecule has 4 nitrogen and oxygen atoms in total. The van der Waals surface area contributed by atoms with Gasteiger partial charge in [0, 0.05) is 21.8 Å². The molecule has 0 aromatic heterocycles. The van der Waals surface area contributed by atoms with Gasteiger partial charge in [-0.05, 0) is 37.8 Å². The van der Waals surface area contributed by atoms with Crippen LogP contribution in [-0.4, -0.2) is 22.2 Å². The van der Waals surface area contributed by atoms with Gasteiger partial charge in [-0.25, -0.2) is 0 Å². The number of anilines is 1. The molecule has 1 aliphatic carbocycles. The van der Waals surface area contributed by atoms with Crippen LogP contribution in [0.5, 0.6) is 0 Å². The highest BCUT2D eigenvalue weighted by molar-refractivity contribution is 9.10. The summed E-state index contributed by atoms with van der Waals surface area (Å²) in [7, 11) is 0. The summed E-state index contributed by atoms with van der Waals surface area (Å²) in [5, 5.41) is 21.7. The molecule has 0 spiro atoms. The van der Waals surface area contributed by atoms with Crippen molar-refractivity contribution in [3.8, 4) is 0 Å². The first-order valence-corrected chi connectivity index (χ1v) is 7.28. The summed E-state index contributed by atoms with van der Waals surface area (Å²) in [4.78, 5) is 10.9. The van der Waals surface area contributed by atoms with E-state index in [2.05, 4.69) is 21.2 Å². The van der Waals surface area contributed by atoms with E-state index in [9.17, 15) is 9.90 Å². The van der Waals surface area contributed by atoms with E-state index in [0.29, 0.717) is 0 Å². The lowest BCUT2D eigenvalue weighted by Crippen LogP contribution is -2.29. The van der Waals surface area contributed by atoms with Gasteiger partial charge in [-0.15, -0.1) is 0 Å². The summed E-state index contributed by atoms with van der Waals surface area (Å²) in [6.07, 6.45) is 3.15. The molecule has 1 aromatic rings. The second-order valence-electron chi connectivity index (χ2n) is 4.99. The fourth-order valence-electron chi connectivity index (χ4n) is 2.53. The Labute approximate surface area is 121 Å². The summed E-state index contributed by atoms with van der Waals surface area (Å²) in [5.74, 6) is -0.880. The number of halogens is 1. The number of hydrogen-bond acceptors (Lipinski definition) is 3. The predicted octanol–water partition coefficient (Wildman–Crippen LogP) is 3.00. The van der Waals surface area contributed by atoms with Crippen LogP contribution in [0.1, 0.15) is 31.2 Å². The Hall–Kier alpha value is -1.07. The third kappa shape index (κ3) is 3.70. The van der Waals surface area contributed by atoms with Gasteiger partial charge < -0.3 is 15.5 Å². The molecule has 104 valence electrons. The van der Waals surface area contributed by atoms with Crippen LogP contribution in [-0.2, 0) is 11.4 Å². The third-order valence-corrected chi connectivity index (χ3v) is 4.17. The molecule has 2 rings (SSSR count). The van der Waals surface area contributed by atoms with Crippen molar-refractivity contribution < 1.29 is 15.0 Å². The van der Waals surface area contributed by atoms with E-state index in [-0.39, 0.29) is 18.6 Å². The number of aliphatic hydroxyl groups excluding tert-OH is 1. The van der Waals surface area contributed by atoms with Crippen molar-refractivity contribution in [2.75, 3.05) is 5.32 Å². The van der Waals surface area contributed by atoms with E-state index in [0.717, 1.165) is 41.4 Å². The molecule has 3 N–H and O–H groups in total. The maximum atomic E-state index is 10.9. The Balaban J connectivity index is 1.99. The second-order valence-corrected chi connectivity index (χ2v) is 5.91. The van der Waals surface area contributed by atoms with Crippen molar-refractivity contribution in [3.05, 3.63) is 28.2 Å².